The fourth-order valence-corrected chi connectivity index (χ4v) is 2.79. The van der Waals surface area contributed by atoms with Crippen LogP contribution in [0.3, 0.4) is 0 Å². The quantitative estimate of drug-likeness (QED) is 0.535. The van der Waals surface area contributed by atoms with Crippen molar-refractivity contribution in [2.24, 2.45) is 0 Å². The van der Waals surface area contributed by atoms with Gasteiger partial charge in [-0.3, -0.25) is 19.8 Å². The molecule has 0 bridgehead atoms. The number of aliphatic hydroxyl groups excluding tert-OH is 1. The molecule has 1 aliphatic heterocycles. The summed E-state index contributed by atoms with van der Waals surface area (Å²) in [5, 5.41) is 26.0. The van der Waals surface area contributed by atoms with Gasteiger partial charge in [0.05, 0.1) is 18.1 Å². The number of carbonyl (C=O) groups excluding carboxylic acids is 1. The number of amides is 1. The van der Waals surface area contributed by atoms with Gasteiger partial charge in [-0.2, -0.15) is 0 Å². The number of rotatable bonds is 5. The molecule has 1 fully saturated rings. The van der Waals surface area contributed by atoms with Gasteiger partial charge in [-0.1, -0.05) is 0 Å². The van der Waals surface area contributed by atoms with Gasteiger partial charge in [0.15, 0.2) is 0 Å². The Kier molecular flexibility index (Phi) is 5.64. The number of anilines is 1. The van der Waals surface area contributed by atoms with Crippen molar-refractivity contribution in [1.82, 2.24) is 10.2 Å². The van der Waals surface area contributed by atoms with Crippen LogP contribution >= 0.6 is 0 Å². The summed E-state index contributed by atoms with van der Waals surface area (Å²) in [7, 11) is 0. The van der Waals surface area contributed by atoms with Crippen molar-refractivity contribution >= 4 is 17.3 Å². The smallest absolute Gasteiger partial charge is 0.270 e. The average molecular weight is 322 g/mol. The van der Waals surface area contributed by atoms with Gasteiger partial charge >= 0.3 is 0 Å². The van der Waals surface area contributed by atoms with Gasteiger partial charge in [-0.05, 0) is 25.0 Å². The summed E-state index contributed by atoms with van der Waals surface area (Å²) in [4.78, 5) is 24.6. The summed E-state index contributed by atoms with van der Waals surface area (Å²) >= 11 is 0. The summed E-state index contributed by atoms with van der Waals surface area (Å²) in [5.74, 6) is -0.163. The van der Waals surface area contributed by atoms with Crippen LogP contribution in [0, 0.1) is 24.0 Å². The van der Waals surface area contributed by atoms with E-state index in [2.05, 4.69) is 10.6 Å². The van der Waals surface area contributed by atoms with Gasteiger partial charge in [0, 0.05) is 43.5 Å². The first-order valence-corrected chi connectivity index (χ1v) is 7.52. The molecule has 8 heteroatoms. The highest BCUT2D eigenvalue weighted by Crippen LogP contribution is 2.26. The van der Waals surface area contributed by atoms with E-state index in [1.807, 2.05) is 4.90 Å². The van der Waals surface area contributed by atoms with E-state index in [0.29, 0.717) is 23.4 Å². The molecular formula is C15H22N4O4. The molecule has 0 radical (unpaired) electrons. The van der Waals surface area contributed by atoms with Crippen molar-refractivity contribution in [3.05, 3.63) is 33.4 Å². The third kappa shape index (κ3) is 4.47. The number of aryl methyl sites for hydroxylation is 2. The Balaban J connectivity index is 2.01. The molecule has 1 atom stereocenters. The number of non-ortho nitro benzene ring substituents is 1. The predicted molar refractivity (Wildman–Crippen MR) is 86.5 cm³/mol. The summed E-state index contributed by atoms with van der Waals surface area (Å²) < 4.78 is 0. The molecule has 2 rings (SSSR count). The molecule has 3 N–H and O–H groups in total. The van der Waals surface area contributed by atoms with Crippen LogP contribution in [-0.4, -0.2) is 59.7 Å². The van der Waals surface area contributed by atoms with Crippen molar-refractivity contribution < 1.29 is 14.8 Å². The Bertz CT molecular complexity index is 582. The first-order valence-electron chi connectivity index (χ1n) is 7.52. The van der Waals surface area contributed by atoms with Crippen LogP contribution in [0.25, 0.3) is 0 Å². The molecule has 1 aromatic carbocycles. The molecule has 0 spiro atoms. The van der Waals surface area contributed by atoms with E-state index >= 15 is 0 Å². The molecule has 1 amide bonds. The molecule has 1 unspecified atom stereocenters. The van der Waals surface area contributed by atoms with Crippen LogP contribution in [0.1, 0.15) is 11.1 Å². The SMILES string of the molecule is Cc1cc([N+](=O)[O-])cc(C)c1NC(=O)CN1CCNC(CO)C1. The van der Waals surface area contributed by atoms with Crippen molar-refractivity contribution in [2.45, 2.75) is 19.9 Å². The van der Waals surface area contributed by atoms with Crippen LogP contribution in [0.15, 0.2) is 12.1 Å². The molecule has 1 aliphatic rings. The lowest BCUT2D eigenvalue weighted by Crippen LogP contribution is -2.53. The van der Waals surface area contributed by atoms with Crippen molar-refractivity contribution in [3.8, 4) is 0 Å². The lowest BCUT2D eigenvalue weighted by atomic mass is 10.1. The zero-order valence-electron chi connectivity index (χ0n) is 13.3. The highest BCUT2D eigenvalue weighted by Gasteiger charge is 2.21. The third-order valence-corrected chi connectivity index (χ3v) is 3.92. The van der Waals surface area contributed by atoms with E-state index in [4.69, 9.17) is 0 Å². The number of aliphatic hydroxyl groups is 1. The maximum Gasteiger partial charge on any atom is 0.270 e. The molecule has 1 aromatic rings. The number of nitro benzene ring substituents is 1. The molecular weight excluding hydrogens is 300 g/mol. The molecule has 1 heterocycles. The van der Waals surface area contributed by atoms with E-state index in [-0.39, 0.29) is 30.8 Å². The number of carbonyl (C=O) groups is 1. The third-order valence-electron chi connectivity index (χ3n) is 3.92. The van der Waals surface area contributed by atoms with E-state index in [0.717, 1.165) is 13.1 Å². The van der Waals surface area contributed by atoms with Crippen molar-refractivity contribution in [1.29, 1.82) is 0 Å². The number of nitro groups is 1. The first kappa shape index (κ1) is 17.3. The Morgan fingerprint density at radius 2 is 2.13 bits per heavy atom. The fraction of sp³-hybridized carbons (Fsp3) is 0.533. The Labute approximate surface area is 134 Å². The lowest BCUT2D eigenvalue weighted by Gasteiger charge is -2.32. The van der Waals surface area contributed by atoms with Crippen molar-refractivity contribution in [2.75, 3.05) is 38.1 Å². The number of hydrogen-bond acceptors (Lipinski definition) is 6. The minimum absolute atomic E-state index is 0.0144. The molecule has 0 aromatic heterocycles. The minimum Gasteiger partial charge on any atom is -0.395 e. The Morgan fingerprint density at radius 1 is 1.48 bits per heavy atom. The van der Waals surface area contributed by atoms with Gasteiger partial charge in [-0.15, -0.1) is 0 Å². The van der Waals surface area contributed by atoms with Crippen LogP contribution in [-0.2, 0) is 4.79 Å². The van der Waals surface area contributed by atoms with Gasteiger partial charge in [0.2, 0.25) is 5.91 Å². The van der Waals surface area contributed by atoms with E-state index in [1.54, 1.807) is 13.8 Å². The maximum atomic E-state index is 12.2. The van der Waals surface area contributed by atoms with Crippen LogP contribution in [0.5, 0.6) is 0 Å². The highest BCUT2D eigenvalue weighted by atomic mass is 16.6. The van der Waals surface area contributed by atoms with Crippen LogP contribution < -0.4 is 10.6 Å². The number of nitrogens with zero attached hydrogens (tertiary/aromatic N) is 2. The predicted octanol–water partition coefficient (Wildman–Crippen LogP) is 0.416. The van der Waals surface area contributed by atoms with Gasteiger partial charge in [0.25, 0.3) is 5.69 Å². The molecule has 0 aliphatic carbocycles. The van der Waals surface area contributed by atoms with Crippen LogP contribution in [0.4, 0.5) is 11.4 Å². The number of hydrogen-bond donors (Lipinski definition) is 3. The topological polar surface area (TPSA) is 108 Å². The summed E-state index contributed by atoms with van der Waals surface area (Å²) in [6, 6.07) is 2.89. The summed E-state index contributed by atoms with van der Waals surface area (Å²) in [6.07, 6.45) is 0. The van der Waals surface area contributed by atoms with Gasteiger partial charge in [-0.25, -0.2) is 0 Å². The van der Waals surface area contributed by atoms with E-state index in [9.17, 15) is 20.0 Å². The Hall–Kier alpha value is -2.03. The zero-order valence-corrected chi connectivity index (χ0v) is 13.3. The maximum absolute atomic E-state index is 12.2. The van der Waals surface area contributed by atoms with Crippen molar-refractivity contribution in [3.63, 3.8) is 0 Å². The lowest BCUT2D eigenvalue weighted by molar-refractivity contribution is -0.384. The van der Waals surface area contributed by atoms with E-state index < -0.39 is 4.92 Å². The Morgan fingerprint density at radius 3 is 2.70 bits per heavy atom. The molecule has 1 saturated heterocycles. The van der Waals surface area contributed by atoms with E-state index in [1.165, 1.54) is 12.1 Å². The summed E-state index contributed by atoms with van der Waals surface area (Å²) in [6.45, 7) is 5.83. The number of benzene rings is 1. The highest BCUT2D eigenvalue weighted by molar-refractivity contribution is 5.94. The first-order chi connectivity index (χ1) is 10.9. The van der Waals surface area contributed by atoms with Gasteiger partial charge < -0.3 is 15.7 Å². The fourth-order valence-electron chi connectivity index (χ4n) is 2.79. The second kappa shape index (κ2) is 7.49. The van der Waals surface area contributed by atoms with Crippen LogP contribution in [0.2, 0.25) is 0 Å². The van der Waals surface area contributed by atoms with Gasteiger partial charge in [0.1, 0.15) is 0 Å². The monoisotopic (exact) mass is 322 g/mol. The number of piperazine rings is 1. The average Bonchev–Trinajstić information content (AvgIpc) is 2.50. The standard InChI is InChI=1S/C15H22N4O4/c1-10-5-13(19(22)23)6-11(2)15(10)17-14(21)8-18-4-3-16-12(7-18)9-20/h5-6,12,16,20H,3-4,7-9H2,1-2H3,(H,17,21). The summed E-state index contributed by atoms with van der Waals surface area (Å²) in [5.41, 5.74) is 1.97. The second-order valence-corrected chi connectivity index (χ2v) is 5.83. The molecule has 23 heavy (non-hydrogen) atoms. The second-order valence-electron chi connectivity index (χ2n) is 5.83. The largest absolute Gasteiger partial charge is 0.395 e. The zero-order chi connectivity index (χ0) is 17.0. The molecule has 8 nitrogen and oxygen atoms in total. The minimum atomic E-state index is -0.443. The molecule has 0 saturated carbocycles. The molecule has 126 valence electrons. The number of nitrogens with one attached hydrogen (secondary N) is 2. The normalized spacial score (nSPS) is 18.7.